The van der Waals surface area contributed by atoms with Crippen molar-refractivity contribution >= 4 is 6.29 Å². The van der Waals surface area contributed by atoms with Crippen molar-refractivity contribution in [1.29, 1.82) is 0 Å². The van der Waals surface area contributed by atoms with E-state index in [2.05, 4.69) is 0 Å². The van der Waals surface area contributed by atoms with Crippen LogP contribution in [0.1, 0.15) is 25.3 Å². The molecule has 0 saturated heterocycles. The predicted molar refractivity (Wildman–Crippen MR) is 60.6 cm³/mol. The first-order valence-corrected chi connectivity index (χ1v) is 5.40. The fraction of sp³-hybridized carbons (Fsp3) is 0.462. The third kappa shape index (κ3) is 5.33. The van der Waals surface area contributed by atoms with Crippen molar-refractivity contribution in [2.24, 2.45) is 5.92 Å². The van der Waals surface area contributed by atoms with E-state index < -0.39 is 0 Å². The Morgan fingerprint density at radius 1 is 1.33 bits per heavy atom. The Balaban J connectivity index is 2.05. The van der Waals surface area contributed by atoms with Gasteiger partial charge in [0, 0.05) is 12.5 Å². The van der Waals surface area contributed by atoms with Crippen LogP contribution < -0.4 is 0 Å². The molecular weight excluding hydrogens is 188 g/mol. The Kier molecular flexibility index (Phi) is 5.71. The summed E-state index contributed by atoms with van der Waals surface area (Å²) in [6.07, 6.45) is 2.86. The molecule has 1 aromatic carbocycles. The number of carbonyl (C=O) groups excluding carboxylic acids is 1. The van der Waals surface area contributed by atoms with Crippen LogP contribution in [0.3, 0.4) is 0 Å². The van der Waals surface area contributed by atoms with Gasteiger partial charge in [0.2, 0.25) is 0 Å². The van der Waals surface area contributed by atoms with Crippen LogP contribution in [0.4, 0.5) is 0 Å². The van der Waals surface area contributed by atoms with Gasteiger partial charge in [0.1, 0.15) is 6.29 Å². The van der Waals surface area contributed by atoms with Gasteiger partial charge in [-0.1, -0.05) is 37.3 Å². The van der Waals surface area contributed by atoms with Crippen molar-refractivity contribution in [3.8, 4) is 0 Å². The van der Waals surface area contributed by atoms with Gasteiger partial charge in [-0.2, -0.15) is 0 Å². The lowest BCUT2D eigenvalue weighted by molar-refractivity contribution is -0.110. The van der Waals surface area contributed by atoms with E-state index in [1.165, 1.54) is 5.56 Å². The number of benzene rings is 1. The third-order valence-electron chi connectivity index (χ3n) is 2.29. The molecule has 0 N–H and O–H groups in total. The van der Waals surface area contributed by atoms with Crippen LogP contribution in [-0.4, -0.2) is 12.9 Å². The number of rotatable bonds is 7. The van der Waals surface area contributed by atoms with Gasteiger partial charge < -0.3 is 9.53 Å². The Labute approximate surface area is 91.3 Å². The Hall–Kier alpha value is -1.15. The molecule has 0 unspecified atom stereocenters. The lowest BCUT2D eigenvalue weighted by atomic mass is 10.1. The van der Waals surface area contributed by atoms with Gasteiger partial charge in [0.05, 0.1) is 6.61 Å². The summed E-state index contributed by atoms with van der Waals surface area (Å²) in [7, 11) is 0. The van der Waals surface area contributed by atoms with Gasteiger partial charge in [-0.05, 0) is 18.4 Å². The van der Waals surface area contributed by atoms with Crippen molar-refractivity contribution in [2.45, 2.75) is 26.4 Å². The molecular formula is C13H18O2. The Morgan fingerprint density at radius 3 is 2.73 bits per heavy atom. The molecule has 82 valence electrons. The molecule has 0 aliphatic carbocycles. The Morgan fingerprint density at radius 2 is 2.07 bits per heavy atom. The van der Waals surface area contributed by atoms with Gasteiger partial charge in [0.25, 0.3) is 0 Å². The predicted octanol–water partition coefficient (Wildman–Crippen LogP) is 2.82. The molecule has 0 radical (unpaired) electrons. The maximum atomic E-state index is 10.3. The van der Waals surface area contributed by atoms with E-state index in [0.29, 0.717) is 6.61 Å². The first-order valence-electron chi connectivity index (χ1n) is 5.40. The van der Waals surface area contributed by atoms with Crippen LogP contribution in [0.2, 0.25) is 0 Å². The zero-order valence-corrected chi connectivity index (χ0v) is 9.19. The quantitative estimate of drug-likeness (QED) is 0.506. The van der Waals surface area contributed by atoms with E-state index in [1.807, 2.05) is 37.3 Å². The summed E-state index contributed by atoms with van der Waals surface area (Å²) < 4.78 is 5.50. The largest absolute Gasteiger partial charge is 0.377 e. The minimum absolute atomic E-state index is 0.158. The summed E-state index contributed by atoms with van der Waals surface area (Å²) >= 11 is 0. The molecule has 0 heterocycles. The summed E-state index contributed by atoms with van der Waals surface area (Å²) in [6, 6.07) is 10.1. The van der Waals surface area contributed by atoms with E-state index >= 15 is 0 Å². The molecule has 0 aliphatic heterocycles. The van der Waals surface area contributed by atoms with Gasteiger partial charge in [-0.25, -0.2) is 0 Å². The van der Waals surface area contributed by atoms with Crippen LogP contribution in [0.25, 0.3) is 0 Å². The number of hydrogen-bond acceptors (Lipinski definition) is 2. The molecule has 1 atom stereocenters. The molecule has 0 aromatic heterocycles. The molecule has 0 bridgehead atoms. The topological polar surface area (TPSA) is 26.3 Å². The van der Waals surface area contributed by atoms with Gasteiger partial charge in [-0.15, -0.1) is 0 Å². The average Bonchev–Trinajstić information content (AvgIpc) is 2.29. The zero-order chi connectivity index (χ0) is 10.9. The normalized spacial score (nSPS) is 12.3. The summed E-state index contributed by atoms with van der Waals surface area (Å²) in [5, 5.41) is 0. The van der Waals surface area contributed by atoms with Gasteiger partial charge >= 0.3 is 0 Å². The first-order chi connectivity index (χ1) is 7.33. The van der Waals surface area contributed by atoms with Crippen LogP contribution in [-0.2, 0) is 16.1 Å². The molecule has 0 aliphatic rings. The molecule has 1 rings (SSSR count). The maximum Gasteiger partial charge on any atom is 0.122 e. The third-order valence-corrected chi connectivity index (χ3v) is 2.29. The van der Waals surface area contributed by atoms with Crippen molar-refractivity contribution in [3.05, 3.63) is 35.9 Å². The van der Waals surface area contributed by atoms with Crippen LogP contribution in [0.5, 0.6) is 0 Å². The molecule has 0 saturated carbocycles. The average molecular weight is 206 g/mol. The number of hydrogen-bond donors (Lipinski definition) is 0. The molecule has 0 spiro atoms. The van der Waals surface area contributed by atoms with Crippen molar-refractivity contribution < 1.29 is 9.53 Å². The lowest BCUT2D eigenvalue weighted by Crippen LogP contribution is -2.00. The van der Waals surface area contributed by atoms with Crippen molar-refractivity contribution in [1.82, 2.24) is 0 Å². The first kappa shape index (κ1) is 11.9. The zero-order valence-electron chi connectivity index (χ0n) is 9.19. The molecule has 0 amide bonds. The highest BCUT2D eigenvalue weighted by atomic mass is 16.5. The van der Waals surface area contributed by atoms with E-state index in [-0.39, 0.29) is 5.92 Å². The monoisotopic (exact) mass is 206 g/mol. The number of ether oxygens (including phenoxy) is 1. The highest BCUT2D eigenvalue weighted by molar-refractivity contribution is 5.52. The highest BCUT2D eigenvalue weighted by Crippen LogP contribution is 2.04. The lowest BCUT2D eigenvalue weighted by Gasteiger charge is -2.05. The van der Waals surface area contributed by atoms with Gasteiger partial charge in [-0.3, -0.25) is 0 Å². The number of aldehydes is 1. The fourth-order valence-corrected chi connectivity index (χ4v) is 1.34. The van der Waals surface area contributed by atoms with Crippen molar-refractivity contribution in [3.63, 3.8) is 0 Å². The minimum atomic E-state index is 0.158. The second-order valence-corrected chi connectivity index (χ2v) is 3.79. The van der Waals surface area contributed by atoms with Gasteiger partial charge in [0.15, 0.2) is 0 Å². The molecule has 15 heavy (non-hydrogen) atoms. The Bertz CT molecular complexity index is 269. The summed E-state index contributed by atoms with van der Waals surface area (Å²) in [5.74, 6) is 0.158. The van der Waals surface area contributed by atoms with E-state index in [0.717, 1.165) is 25.7 Å². The molecule has 2 nitrogen and oxygen atoms in total. The van der Waals surface area contributed by atoms with E-state index in [4.69, 9.17) is 4.74 Å². The van der Waals surface area contributed by atoms with Crippen molar-refractivity contribution in [2.75, 3.05) is 6.61 Å². The summed E-state index contributed by atoms with van der Waals surface area (Å²) in [5.41, 5.74) is 1.20. The van der Waals surface area contributed by atoms with Crippen LogP contribution >= 0.6 is 0 Å². The maximum absolute atomic E-state index is 10.3. The van der Waals surface area contributed by atoms with E-state index in [9.17, 15) is 4.79 Å². The molecule has 2 heteroatoms. The highest BCUT2D eigenvalue weighted by Gasteiger charge is 1.98. The van der Waals surface area contributed by atoms with Crippen LogP contribution in [0, 0.1) is 5.92 Å². The summed E-state index contributed by atoms with van der Waals surface area (Å²) in [4.78, 5) is 10.3. The van der Waals surface area contributed by atoms with E-state index in [1.54, 1.807) is 0 Å². The second kappa shape index (κ2) is 7.18. The standard InChI is InChI=1S/C13H18O2/c1-12(10-14)6-5-9-15-11-13-7-3-2-4-8-13/h2-4,7-8,10,12H,5-6,9,11H2,1H3/t12-/m1/s1. The minimum Gasteiger partial charge on any atom is -0.377 e. The second-order valence-electron chi connectivity index (χ2n) is 3.79. The summed E-state index contributed by atoms with van der Waals surface area (Å²) in [6.45, 7) is 3.33. The number of carbonyl (C=O) groups is 1. The molecule has 1 aromatic rings. The smallest absolute Gasteiger partial charge is 0.122 e. The van der Waals surface area contributed by atoms with Crippen LogP contribution in [0.15, 0.2) is 30.3 Å². The molecule has 0 fully saturated rings. The SMILES string of the molecule is C[C@@H](C=O)CCCOCc1ccccc1. The fourth-order valence-electron chi connectivity index (χ4n) is 1.34.